The fraction of sp³-hybridized carbons (Fsp3) is 0.269. The van der Waals surface area contributed by atoms with Gasteiger partial charge in [0, 0.05) is 13.1 Å². The second-order valence-electron chi connectivity index (χ2n) is 8.17. The Hall–Kier alpha value is -3.12. The molecule has 0 aromatic heterocycles. The van der Waals surface area contributed by atoms with E-state index in [4.69, 9.17) is 0 Å². The highest BCUT2D eigenvalue weighted by molar-refractivity contribution is 7.92. The number of hydrogen-bond donors (Lipinski definition) is 0. The van der Waals surface area contributed by atoms with Crippen LogP contribution in [0.15, 0.2) is 78.9 Å². The second kappa shape index (κ2) is 10.0. The van der Waals surface area contributed by atoms with Crippen molar-refractivity contribution in [1.82, 2.24) is 4.90 Å². The fourth-order valence-electron chi connectivity index (χ4n) is 3.75. The Labute approximate surface area is 191 Å². The molecule has 0 aliphatic carbocycles. The minimum atomic E-state index is -3.69. The van der Waals surface area contributed by atoms with Crippen molar-refractivity contribution in [3.8, 4) is 0 Å². The van der Waals surface area contributed by atoms with Gasteiger partial charge < -0.3 is 4.90 Å². The number of hydrogen-bond acceptors (Lipinski definition) is 3. The molecule has 1 atom stereocenters. The molecule has 0 radical (unpaired) electrons. The van der Waals surface area contributed by atoms with Crippen LogP contribution < -0.4 is 4.31 Å². The molecule has 0 fully saturated rings. The van der Waals surface area contributed by atoms with Crippen molar-refractivity contribution in [1.29, 1.82) is 0 Å². The van der Waals surface area contributed by atoms with Crippen molar-refractivity contribution in [2.24, 2.45) is 0 Å². The van der Waals surface area contributed by atoms with Gasteiger partial charge in [-0.3, -0.25) is 9.10 Å². The summed E-state index contributed by atoms with van der Waals surface area (Å²) in [7, 11) is -3.69. The first-order chi connectivity index (χ1) is 15.2. The molecule has 0 aliphatic rings. The summed E-state index contributed by atoms with van der Waals surface area (Å²) in [4.78, 5) is 15.4. The molecule has 3 aromatic carbocycles. The first-order valence-corrected chi connectivity index (χ1v) is 12.4. The van der Waals surface area contributed by atoms with E-state index in [9.17, 15) is 13.2 Å². The molecule has 0 spiro atoms. The van der Waals surface area contributed by atoms with Crippen LogP contribution in [0.1, 0.15) is 29.2 Å². The number of anilines is 1. The lowest BCUT2D eigenvalue weighted by atomic mass is 10.1. The highest BCUT2D eigenvalue weighted by atomic mass is 32.2. The normalized spacial score (nSPS) is 12.2. The van der Waals surface area contributed by atoms with Gasteiger partial charge in [0.1, 0.15) is 6.04 Å². The number of carbonyl (C=O) groups excluding carboxylic acids is 1. The maximum atomic E-state index is 13.7. The quantitative estimate of drug-likeness (QED) is 0.500. The van der Waals surface area contributed by atoms with Crippen molar-refractivity contribution in [2.45, 2.75) is 39.9 Å². The van der Waals surface area contributed by atoms with Crippen LogP contribution in [0.2, 0.25) is 0 Å². The smallest absolute Gasteiger partial charge is 0.246 e. The SMILES string of the molecule is Cc1ccc(N([C@@H](C)C(=O)N(Cc2ccccc2)Cc2ccccc2)S(C)(=O)=O)cc1C. The molecule has 168 valence electrons. The van der Waals surface area contributed by atoms with Crippen molar-refractivity contribution < 1.29 is 13.2 Å². The Morgan fingerprint density at radius 2 is 1.31 bits per heavy atom. The molecule has 0 saturated heterocycles. The minimum absolute atomic E-state index is 0.249. The zero-order valence-electron chi connectivity index (χ0n) is 19.0. The molecule has 0 aliphatic heterocycles. The van der Waals surface area contributed by atoms with Gasteiger partial charge in [-0.1, -0.05) is 66.7 Å². The van der Waals surface area contributed by atoms with Crippen molar-refractivity contribution in [3.05, 3.63) is 101 Å². The zero-order chi connectivity index (χ0) is 23.3. The monoisotopic (exact) mass is 450 g/mol. The third-order valence-electron chi connectivity index (χ3n) is 5.56. The number of benzene rings is 3. The highest BCUT2D eigenvalue weighted by Gasteiger charge is 2.32. The fourth-order valence-corrected chi connectivity index (χ4v) is 4.91. The van der Waals surface area contributed by atoms with Gasteiger partial charge in [-0.25, -0.2) is 8.42 Å². The Kier molecular flexibility index (Phi) is 7.36. The molecule has 0 bridgehead atoms. The van der Waals surface area contributed by atoms with Gasteiger partial charge in [0.25, 0.3) is 0 Å². The molecule has 5 nitrogen and oxygen atoms in total. The molecular formula is C26H30N2O3S. The van der Waals surface area contributed by atoms with Crippen LogP contribution in [0, 0.1) is 13.8 Å². The number of amides is 1. The summed E-state index contributed by atoms with van der Waals surface area (Å²) < 4.78 is 26.8. The Morgan fingerprint density at radius 1 is 0.812 bits per heavy atom. The van der Waals surface area contributed by atoms with Crippen molar-refractivity contribution in [2.75, 3.05) is 10.6 Å². The number of nitrogens with zero attached hydrogens (tertiary/aromatic N) is 2. The van der Waals surface area contributed by atoms with Crippen LogP contribution in [0.25, 0.3) is 0 Å². The van der Waals surface area contributed by atoms with E-state index in [2.05, 4.69) is 0 Å². The highest BCUT2D eigenvalue weighted by Crippen LogP contribution is 2.25. The summed E-state index contributed by atoms with van der Waals surface area (Å²) in [6.45, 7) is 6.34. The average Bonchev–Trinajstić information content (AvgIpc) is 2.76. The van der Waals surface area contributed by atoms with E-state index in [0.717, 1.165) is 28.5 Å². The van der Waals surface area contributed by atoms with E-state index >= 15 is 0 Å². The van der Waals surface area contributed by atoms with Gasteiger partial charge >= 0.3 is 0 Å². The first kappa shape index (κ1) is 23.5. The first-order valence-electron chi connectivity index (χ1n) is 10.6. The van der Waals surface area contributed by atoms with E-state index in [0.29, 0.717) is 18.8 Å². The third kappa shape index (κ3) is 5.77. The summed E-state index contributed by atoms with van der Waals surface area (Å²) in [5, 5.41) is 0. The number of aryl methyl sites for hydroxylation is 2. The Balaban J connectivity index is 1.96. The Bertz CT molecular complexity index is 1120. The summed E-state index contributed by atoms with van der Waals surface area (Å²) >= 11 is 0. The lowest BCUT2D eigenvalue weighted by Crippen LogP contribution is -2.49. The van der Waals surface area contributed by atoms with Crippen molar-refractivity contribution in [3.63, 3.8) is 0 Å². The molecule has 6 heteroatoms. The standard InChI is InChI=1S/C26H30N2O3S/c1-20-15-16-25(17-21(20)2)28(32(4,30)31)22(3)26(29)27(18-23-11-7-5-8-12-23)19-24-13-9-6-10-14-24/h5-17,22H,18-19H2,1-4H3/t22-/m0/s1. The zero-order valence-corrected chi connectivity index (χ0v) is 19.8. The average molecular weight is 451 g/mol. The number of carbonyl (C=O) groups is 1. The van der Waals surface area contributed by atoms with Crippen LogP contribution >= 0.6 is 0 Å². The van der Waals surface area contributed by atoms with E-state index in [1.165, 1.54) is 4.31 Å². The van der Waals surface area contributed by atoms with E-state index in [-0.39, 0.29) is 5.91 Å². The maximum Gasteiger partial charge on any atom is 0.246 e. The van der Waals surface area contributed by atoms with Gasteiger partial charge in [-0.05, 0) is 55.2 Å². The molecule has 3 aromatic rings. The molecule has 3 rings (SSSR count). The van der Waals surface area contributed by atoms with Gasteiger partial charge in [0.15, 0.2) is 0 Å². The van der Waals surface area contributed by atoms with Crippen LogP contribution in [-0.2, 0) is 27.9 Å². The van der Waals surface area contributed by atoms with E-state index in [1.807, 2.05) is 86.6 Å². The maximum absolute atomic E-state index is 13.7. The third-order valence-corrected chi connectivity index (χ3v) is 6.80. The van der Waals surface area contributed by atoms with Gasteiger partial charge in [-0.2, -0.15) is 0 Å². The molecule has 0 saturated carbocycles. The van der Waals surface area contributed by atoms with Crippen LogP contribution in [-0.4, -0.2) is 31.5 Å². The van der Waals surface area contributed by atoms with Crippen LogP contribution in [0.4, 0.5) is 5.69 Å². The summed E-state index contributed by atoms with van der Waals surface area (Å²) in [6, 6.07) is 24.0. The van der Waals surface area contributed by atoms with Crippen LogP contribution in [0.3, 0.4) is 0 Å². The number of sulfonamides is 1. The molecule has 0 unspecified atom stereocenters. The minimum Gasteiger partial charge on any atom is -0.332 e. The van der Waals surface area contributed by atoms with Gasteiger partial charge in [-0.15, -0.1) is 0 Å². The molecule has 32 heavy (non-hydrogen) atoms. The predicted molar refractivity (Wildman–Crippen MR) is 130 cm³/mol. The van der Waals surface area contributed by atoms with E-state index < -0.39 is 16.1 Å². The van der Waals surface area contributed by atoms with Gasteiger partial charge in [0.2, 0.25) is 15.9 Å². The predicted octanol–water partition coefficient (Wildman–Crippen LogP) is 4.69. The lowest BCUT2D eigenvalue weighted by molar-refractivity contribution is -0.133. The van der Waals surface area contributed by atoms with Crippen LogP contribution in [0.5, 0.6) is 0 Å². The van der Waals surface area contributed by atoms with Gasteiger partial charge in [0.05, 0.1) is 11.9 Å². The second-order valence-corrected chi connectivity index (χ2v) is 10.0. The van der Waals surface area contributed by atoms with E-state index in [1.54, 1.807) is 17.9 Å². The molecule has 1 amide bonds. The Morgan fingerprint density at radius 3 is 1.75 bits per heavy atom. The molecule has 0 heterocycles. The van der Waals surface area contributed by atoms with Crippen molar-refractivity contribution >= 4 is 21.6 Å². The molecular weight excluding hydrogens is 420 g/mol. The summed E-state index contributed by atoms with van der Waals surface area (Å²) in [5.74, 6) is -0.249. The lowest BCUT2D eigenvalue weighted by Gasteiger charge is -2.33. The number of rotatable bonds is 8. The molecule has 0 N–H and O–H groups in total. The largest absolute Gasteiger partial charge is 0.332 e. The summed E-state index contributed by atoms with van der Waals surface area (Å²) in [6.07, 6.45) is 1.14. The summed E-state index contributed by atoms with van der Waals surface area (Å²) in [5.41, 5.74) is 4.51. The topological polar surface area (TPSA) is 57.7 Å².